The van der Waals surface area contributed by atoms with Crippen LogP contribution in [0.1, 0.15) is 22.5 Å². The highest BCUT2D eigenvalue weighted by atomic mass is 19.1. The maximum absolute atomic E-state index is 12.2. The largest absolute Gasteiger partial charge is 0.396 e. The Hall–Kier alpha value is -2.24. The van der Waals surface area contributed by atoms with Crippen LogP contribution in [0.15, 0.2) is 18.2 Å². The highest BCUT2D eigenvalue weighted by Gasteiger charge is 2.13. The second-order valence-electron chi connectivity index (χ2n) is 3.93. The van der Waals surface area contributed by atoms with Crippen molar-refractivity contribution in [3.63, 3.8) is 0 Å². The van der Waals surface area contributed by atoms with E-state index in [-0.39, 0.29) is 11.4 Å². The first-order valence-corrected chi connectivity index (χ1v) is 5.54. The number of amides is 1. The molecule has 2 aromatic rings. The Morgan fingerprint density at radius 3 is 2.78 bits per heavy atom. The fraction of sp³-hybridized carbons (Fsp3) is 0.250. The van der Waals surface area contributed by atoms with Crippen molar-refractivity contribution in [2.75, 3.05) is 12.4 Å². The molecule has 1 aromatic carbocycles. The number of rotatable bonds is 4. The summed E-state index contributed by atoms with van der Waals surface area (Å²) in [5.41, 5.74) is 12.6. The molecule has 0 saturated heterocycles. The number of anilines is 1. The first-order chi connectivity index (χ1) is 8.65. The van der Waals surface area contributed by atoms with Gasteiger partial charge in [0.1, 0.15) is 0 Å². The van der Waals surface area contributed by atoms with Gasteiger partial charge in [-0.25, -0.2) is 0 Å². The minimum absolute atomic E-state index is 0.0369. The molecule has 4 N–H and O–H groups in total. The number of benzene rings is 1. The maximum Gasteiger partial charge on any atom is 0.271 e. The number of aromatic nitrogens is 2. The monoisotopic (exact) mass is 248 g/mol. The molecule has 0 bridgehead atoms. The summed E-state index contributed by atoms with van der Waals surface area (Å²) >= 11 is 0. The van der Waals surface area contributed by atoms with Gasteiger partial charge in [0.05, 0.1) is 17.9 Å². The van der Waals surface area contributed by atoms with E-state index in [0.717, 1.165) is 5.56 Å². The third-order valence-electron chi connectivity index (χ3n) is 2.73. The van der Waals surface area contributed by atoms with E-state index in [1.807, 2.05) is 6.07 Å². The topological polar surface area (TPSA) is 94.9 Å². The number of carbonyl (C=O) groups is 1. The Labute approximate surface area is 103 Å². The van der Waals surface area contributed by atoms with Gasteiger partial charge in [-0.05, 0) is 18.4 Å². The second-order valence-corrected chi connectivity index (χ2v) is 3.93. The molecule has 0 spiro atoms. The normalized spacial score (nSPS) is 10.7. The van der Waals surface area contributed by atoms with Gasteiger partial charge in [-0.3, -0.25) is 9.18 Å². The van der Waals surface area contributed by atoms with E-state index in [0.29, 0.717) is 23.7 Å². The van der Waals surface area contributed by atoms with Crippen molar-refractivity contribution in [1.29, 1.82) is 0 Å². The molecule has 1 heterocycles. The van der Waals surface area contributed by atoms with Crippen LogP contribution in [0.5, 0.6) is 0 Å². The first kappa shape index (κ1) is 12.2. The molecule has 0 fully saturated rings. The Kier molecular flexibility index (Phi) is 3.36. The molecule has 2 rings (SSSR count). The van der Waals surface area contributed by atoms with Crippen molar-refractivity contribution in [3.8, 4) is 0 Å². The number of aryl methyl sites for hydroxylation is 1. The molecule has 1 amide bonds. The van der Waals surface area contributed by atoms with Crippen LogP contribution >= 0.6 is 0 Å². The smallest absolute Gasteiger partial charge is 0.271 e. The van der Waals surface area contributed by atoms with Crippen molar-refractivity contribution in [2.24, 2.45) is 5.73 Å². The summed E-state index contributed by atoms with van der Waals surface area (Å²) in [5.74, 6) is -0.712. The molecule has 6 heteroatoms. The molecule has 94 valence electrons. The van der Waals surface area contributed by atoms with Crippen molar-refractivity contribution >= 4 is 22.5 Å². The standard InChI is InChI=1S/C12H13FN4O/c13-6-2-4-7-3-1-5-8-9(14)11(12(15)18)17-16-10(7)8/h1,3,5H,2,4,6H2,(H2,14,16)(H2,15,18). The van der Waals surface area contributed by atoms with Gasteiger partial charge in [-0.1, -0.05) is 18.2 Å². The molecule has 0 unspecified atom stereocenters. The lowest BCUT2D eigenvalue weighted by Crippen LogP contribution is -2.17. The van der Waals surface area contributed by atoms with Gasteiger partial charge in [0.2, 0.25) is 0 Å². The number of nitrogen functional groups attached to an aromatic ring is 1. The quantitative estimate of drug-likeness (QED) is 0.850. The average molecular weight is 248 g/mol. The van der Waals surface area contributed by atoms with E-state index in [2.05, 4.69) is 10.2 Å². The van der Waals surface area contributed by atoms with Crippen LogP contribution in [0.3, 0.4) is 0 Å². The van der Waals surface area contributed by atoms with Crippen molar-refractivity contribution in [1.82, 2.24) is 10.2 Å². The summed E-state index contributed by atoms with van der Waals surface area (Å²) in [6.07, 6.45) is 0.968. The van der Waals surface area contributed by atoms with Gasteiger partial charge >= 0.3 is 0 Å². The van der Waals surface area contributed by atoms with Crippen LogP contribution in [-0.2, 0) is 6.42 Å². The molecule has 0 aliphatic rings. The number of fused-ring (bicyclic) bond motifs is 1. The number of nitrogens with two attached hydrogens (primary N) is 2. The van der Waals surface area contributed by atoms with Crippen LogP contribution in [-0.4, -0.2) is 22.8 Å². The second kappa shape index (κ2) is 4.95. The first-order valence-electron chi connectivity index (χ1n) is 5.54. The molecule has 0 radical (unpaired) electrons. The van der Waals surface area contributed by atoms with Crippen LogP contribution in [0.4, 0.5) is 10.1 Å². The van der Waals surface area contributed by atoms with E-state index in [1.165, 1.54) is 0 Å². The van der Waals surface area contributed by atoms with Gasteiger partial charge < -0.3 is 11.5 Å². The molecule has 1 aromatic heterocycles. The Morgan fingerprint density at radius 1 is 1.33 bits per heavy atom. The minimum atomic E-state index is -0.712. The summed E-state index contributed by atoms with van der Waals surface area (Å²) < 4.78 is 12.2. The lowest BCUT2D eigenvalue weighted by atomic mass is 10.0. The average Bonchev–Trinajstić information content (AvgIpc) is 2.36. The highest BCUT2D eigenvalue weighted by Crippen LogP contribution is 2.24. The van der Waals surface area contributed by atoms with Crippen molar-refractivity contribution < 1.29 is 9.18 Å². The van der Waals surface area contributed by atoms with Gasteiger partial charge in [0, 0.05) is 5.39 Å². The molecule has 0 atom stereocenters. The van der Waals surface area contributed by atoms with Gasteiger partial charge in [0.15, 0.2) is 5.69 Å². The summed E-state index contributed by atoms with van der Waals surface area (Å²) in [5, 5.41) is 8.31. The van der Waals surface area contributed by atoms with Crippen molar-refractivity contribution in [2.45, 2.75) is 12.8 Å². The summed E-state index contributed by atoms with van der Waals surface area (Å²) in [4.78, 5) is 11.1. The maximum atomic E-state index is 12.2. The molecule has 0 saturated carbocycles. The predicted octanol–water partition coefficient (Wildman–Crippen LogP) is 1.21. The number of halogens is 1. The molecule has 5 nitrogen and oxygen atoms in total. The Balaban J connectivity index is 2.59. The fourth-order valence-electron chi connectivity index (χ4n) is 1.85. The number of primary amides is 1. The van der Waals surface area contributed by atoms with Crippen molar-refractivity contribution in [3.05, 3.63) is 29.5 Å². The highest BCUT2D eigenvalue weighted by molar-refractivity contribution is 6.04. The van der Waals surface area contributed by atoms with Gasteiger partial charge in [0.25, 0.3) is 5.91 Å². The van der Waals surface area contributed by atoms with Crippen LogP contribution in [0, 0.1) is 0 Å². The van der Waals surface area contributed by atoms with E-state index in [4.69, 9.17) is 11.5 Å². The zero-order valence-corrected chi connectivity index (χ0v) is 9.69. The predicted molar refractivity (Wildman–Crippen MR) is 66.8 cm³/mol. The van der Waals surface area contributed by atoms with E-state index < -0.39 is 12.6 Å². The number of hydrogen-bond acceptors (Lipinski definition) is 4. The molecule has 0 aliphatic heterocycles. The van der Waals surface area contributed by atoms with Crippen LogP contribution in [0.25, 0.3) is 10.9 Å². The number of alkyl halides is 1. The Morgan fingerprint density at radius 2 is 2.11 bits per heavy atom. The number of nitrogens with zero attached hydrogens (tertiary/aromatic N) is 2. The SMILES string of the molecule is NC(=O)c1nnc2c(CCCF)cccc2c1N. The Bertz CT molecular complexity index is 600. The lowest BCUT2D eigenvalue weighted by Gasteiger charge is -2.08. The van der Waals surface area contributed by atoms with Gasteiger partial charge in [-0.15, -0.1) is 10.2 Å². The summed E-state index contributed by atoms with van der Waals surface area (Å²) in [6.45, 7) is -0.390. The van der Waals surface area contributed by atoms with Crippen LogP contribution < -0.4 is 11.5 Å². The molecule has 18 heavy (non-hydrogen) atoms. The molecular formula is C12H13FN4O. The summed E-state index contributed by atoms with van der Waals surface area (Å²) in [6, 6.07) is 5.37. The van der Waals surface area contributed by atoms with E-state index >= 15 is 0 Å². The number of carbonyl (C=O) groups excluding carboxylic acids is 1. The third-order valence-corrected chi connectivity index (χ3v) is 2.73. The van der Waals surface area contributed by atoms with E-state index in [9.17, 15) is 9.18 Å². The lowest BCUT2D eigenvalue weighted by molar-refractivity contribution is 0.0996. The van der Waals surface area contributed by atoms with Gasteiger partial charge in [-0.2, -0.15) is 0 Å². The van der Waals surface area contributed by atoms with Crippen LogP contribution in [0.2, 0.25) is 0 Å². The molecule has 0 aliphatic carbocycles. The third kappa shape index (κ3) is 2.09. The zero-order chi connectivity index (χ0) is 13.1. The molecular weight excluding hydrogens is 235 g/mol. The van der Waals surface area contributed by atoms with E-state index in [1.54, 1.807) is 12.1 Å². The zero-order valence-electron chi connectivity index (χ0n) is 9.69. The summed E-state index contributed by atoms with van der Waals surface area (Å²) in [7, 11) is 0. The fourth-order valence-corrected chi connectivity index (χ4v) is 1.85. The minimum Gasteiger partial charge on any atom is -0.396 e. The number of hydrogen-bond donors (Lipinski definition) is 2.